The fraction of sp³-hybridized carbons (Fsp3) is 0.0286. The number of benzene rings is 17. The lowest BCUT2D eigenvalue weighted by molar-refractivity contribution is 0.793. The average molecular weight is 1380 g/mol. The second kappa shape index (κ2) is 20.8. The highest BCUT2D eigenvalue weighted by atomic mass is 15.2. The van der Waals surface area contributed by atoms with Gasteiger partial charge in [-0.3, -0.25) is 0 Å². The summed E-state index contributed by atoms with van der Waals surface area (Å²) in [7, 11) is 0. The summed E-state index contributed by atoms with van der Waals surface area (Å²) >= 11 is 0. The van der Waals surface area contributed by atoms with E-state index < -0.39 is 16.2 Å². The molecule has 26 rings (SSSR count). The van der Waals surface area contributed by atoms with Gasteiger partial charge in [0.2, 0.25) is 0 Å². The van der Waals surface area contributed by atoms with Crippen LogP contribution in [0.5, 0.6) is 0 Å². The van der Waals surface area contributed by atoms with Crippen LogP contribution in [0.4, 0.5) is 34.1 Å². The van der Waals surface area contributed by atoms with E-state index >= 15 is 0 Å². The zero-order valence-corrected chi connectivity index (χ0v) is 59.2. The molecule has 0 bridgehead atoms. The van der Waals surface area contributed by atoms with Gasteiger partial charge in [0.05, 0.1) is 38.7 Å². The normalized spacial score (nSPS) is 15.0. The zero-order valence-electron chi connectivity index (χ0n) is 59.2. The summed E-state index contributed by atoms with van der Waals surface area (Å²) in [5.74, 6) is 0. The van der Waals surface area contributed by atoms with Crippen molar-refractivity contribution in [1.82, 2.24) is 4.57 Å². The molecule has 2 aliphatic heterocycles. The second-order valence-electron chi connectivity index (χ2n) is 31.1. The number of hydrogen-bond donors (Lipinski definition) is 0. The lowest BCUT2D eigenvalue weighted by Crippen LogP contribution is -2.61. The molecule has 6 aliphatic carbocycles. The molecule has 0 saturated heterocycles. The molecular formula is C105H62BN3. The Balaban J connectivity index is 0.835. The lowest BCUT2D eigenvalue weighted by Gasteiger charge is -2.45. The fourth-order valence-corrected chi connectivity index (χ4v) is 22.8. The van der Waals surface area contributed by atoms with Gasteiger partial charge in [0.25, 0.3) is 6.71 Å². The van der Waals surface area contributed by atoms with E-state index in [4.69, 9.17) is 0 Å². The van der Waals surface area contributed by atoms with E-state index in [1.807, 2.05) is 0 Å². The molecule has 3 spiro atoms. The third-order valence-corrected chi connectivity index (χ3v) is 26.6. The van der Waals surface area contributed by atoms with Crippen LogP contribution in [-0.2, 0) is 16.2 Å². The first-order valence-corrected chi connectivity index (χ1v) is 38.4. The first kappa shape index (κ1) is 58.5. The number of nitrogens with zero attached hydrogens (tertiary/aromatic N) is 3. The molecule has 0 radical (unpaired) electrons. The van der Waals surface area contributed by atoms with Crippen LogP contribution in [0.15, 0.2) is 376 Å². The molecule has 17 aromatic carbocycles. The van der Waals surface area contributed by atoms with Crippen LogP contribution in [0, 0.1) is 0 Å². The minimum atomic E-state index is -0.615. The van der Waals surface area contributed by atoms with Crippen molar-refractivity contribution in [3.8, 4) is 83.6 Å². The van der Waals surface area contributed by atoms with E-state index in [2.05, 4.69) is 390 Å². The molecule has 0 atom stereocenters. The third-order valence-electron chi connectivity index (χ3n) is 26.6. The Morgan fingerprint density at radius 3 is 1.09 bits per heavy atom. The van der Waals surface area contributed by atoms with Gasteiger partial charge in [-0.1, -0.05) is 322 Å². The molecule has 0 unspecified atom stereocenters. The van der Waals surface area contributed by atoms with Gasteiger partial charge in [-0.2, -0.15) is 0 Å². The minimum Gasteiger partial charge on any atom is -0.311 e. The molecule has 0 amide bonds. The van der Waals surface area contributed by atoms with Crippen molar-refractivity contribution in [2.45, 2.75) is 16.2 Å². The maximum atomic E-state index is 2.78. The second-order valence-corrected chi connectivity index (χ2v) is 31.1. The van der Waals surface area contributed by atoms with Crippen molar-refractivity contribution in [3.05, 3.63) is 443 Å². The van der Waals surface area contributed by atoms with Crippen LogP contribution in [0.3, 0.4) is 0 Å². The molecule has 0 N–H and O–H groups in total. The number of para-hydroxylation sites is 2. The Hall–Kier alpha value is -13.8. The third kappa shape index (κ3) is 6.96. The molecule has 3 heterocycles. The van der Waals surface area contributed by atoms with Crippen LogP contribution in [0.1, 0.15) is 66.8 Å². The van der Waals surface area contributed by atoms with Crippen molar-refractivity contribution in [3.63, 3.8) is 0 Å². The molecule has 0 saturated carbocycles. The highest BCUT2D eigenvalue weighted by molar-refractivity contribution is 7.00. The fourth-order valence-electron chi connectivity index (χ4n) is 22.8. The summed E-state index contributed by atoms with van der Waals surface area (Å²) in [5, 5.41) is 2.44. The molecule has 18 aromatic rings. The number of aromatic nitrogens is 1. The smallest absolute Gasteiger partial charge is 0.252 e. The summed E-state index contributed by atoms with van der Waals surface area (Å²) < 4.78 is 2.57. The van der Waals surface area contributed by atoms with Gasteiger partial charge in [-0.15, -0.1) is 0 Å². The van der Waals surface area contributed by atoms with E-state index in [0.717, 1.165) is 45.2 Å². The van der Waals surface area contributed by atoms with Crippen LogP contribution >= 0.6 is 0 Å². The van der Waals surface area contributed by atoms with Gasteiger partial charge in [-0.25, -0.2) is 0 Å². The average Bonchev–Trinajstić information content (AvgIpc) is 1.59. The summed E-state index contributed by atoms with van der Waals surface area (Å²) in [5.41, 5.74) is 45.8. The van der Waals surface area contributed by atoms with Gasteiger partial charge < -0.3 is 14.4 Å². The molecule has 0 fully saturated rings. The van der Waals surface area contributed by atoms with Crippen molar-refractivity contribution >= 4 is 79.0 Å². The Labute approximate surface area is 631 Å². The summed E-state index contributed by atoms with van der Waals surface area (Å²) in [6.45, 7) is -0.279. The SMILES string of the molecule is c1ccc(-c2ccc3c(c2)B2c4cc5c(cc4N(c4cccc6c4-c4ccccc4C64c6ccccc6-c6ccccc64)c4cc(-n6c7ccccc7c7ccccc76)cc(c42)N3c2ccc3c(c2)C2(c4ccccc4-c4ccccc42)c2ccccc2-3)-c2ccccc2C52c3ccccc3-c3ccccc32)cc1. The Kier molecular flexibility index (Phi) is 11.2. The minimum absolute atomic E-state index is 0.279. The number of fused-ring (bicyclic) bond motifs is 37. The predicted molar refractivity (Wildman–Crippen MR) is 449 cm³/mol. The van der Waals surface area contributed by atoms with Gasteiger partial charge in [0, 0.05) is 44.8 Å². The standard InChI is InChI=1S/C105H62BN3/c1-2-27-63(28-3-1)64-53-56-96-92(57-64)106-93-62-91-79(74-36-11-22-47-87(74)105(91)84-44-19-8-33-71(84)72-34-9-20-45-85(72)105)61-98(93)109(97-52-26-49-89-101(97)78-39-12-23-48-88(78)103(89)80-40-15-4-29-67(80)68-30-5-16-41-81(68)103)100-60-66(108-94-50-24-13-37-76(94)77-38-14-25-51-95(77)108)59-99(102(100)106)107(96)65-54-55-75-73-35-10-21-46-86(73)104(90(75)58-65)82-42-17-6-31-69(82)70-32-7-18-43-83(70)104/h1-62H. The highest BCUT2D eigenvalue weighted by Gasteiger charge is 2.57. The zero-order chi connectivity index (χ0) is 70.7. The van der Waals surface area contributed by atoms with E-state index in [-0.39, 0.29) is 6.71 Å². The molecule has 4 heteroatoms. The maximum Gasteiger partial charge on any atom is 0.252 e. The number of anilines is 6. The summed E-state index contributed by atoms with van der Waals surface area (Å²) in [6, 6.07) is 146. The predicted octanol–water partition coefficient (Wildman–Crippen LogP) is 23.6. The molecule has 109 heavy (non-hydrogen) atoms. The summed E-state index contributed by atoms with van der Waals surface area (Å²) in [6.07, 6.45) is 0. The van der Waals surface area contributed by atoms with Crippen molar-refractivity contribution in [2.24, 2.45) is 0 Å². The maximum absolute atomic E-state index is 2.78. The first-order valence-electron chi connectivity index (χ1n) is 38.4. The Morgan fingerprint density at radius 1 is 0.202 bits per heavy atom. The van der Waals surface area contributed by atoms with E-state index in [1.165, 1.54) is 177 Å². The number of hydrogen-bond acceptors (Lipinski definition) is 2. The topological polar surface area (TPSA) is 11.4 Å². The van der Waals surface area contributed by atoms with Gasteiger partial charge >= 0.3 is 0 Å². The highest BCUT2D eigenvalue weighted by Crippen LogP contribution is 2.69. The van der Waals surface area contributed by atoms with E-state index in [9.17, 15) is 0 Å². The van der Waals surface area contributed by atoms with Crippen molar-refractivity contribution in [1.29, 1.82) is 0 Å². The molecule has 500 valence electrons. The first-order chi connectivity index (χ1) is 54.1. The quantitative estimate of drug-likeness (QED) is 0.163. The van der Waals surface area contributed by atoms with E-state index in [0.29, 0.717) is 0 Å². The van der Waals surface area contributed by atoms with Gasteiger partial charge in [0.1, 0.15) is 0 Å². The largest absolute Gasteiger partial charge is 0.311 e. The number of rotatable bonds is 4. The molecule has 8 aliphatic rings. The van der Waals surface area contributed by atoms with Crippen molar-refractivity contribution < 1.29 is 0 Å². The van der Waals surface area contributed by atoms with Crippen LogP contribution < -0.4 is 26.2 Å². The monoisotopic (exact) mass is 1380 g/mol. The summed E-state index contributed by atoms with van der Waals surface area (Å²) in [4.78, 5) is 5.48. The van der Waals surface area contributed by atoms with Crippen LogP contribution in [-0.4, -0.2) is 11.3 Å². The van der Waals surface area contributed by atoms with E-state index in [1.54, 1.807) is 0 Å². The van der Waals surface area contributed by atoms with Crippen molar-refractivity contribution in [2.75, 3.05) is 9.80 Å². The Morgan fingerprint density at radius 2 is 0.587 bits per heavy atom. The van der Waals surface area contributed by atoms with Crippen LogP contribution in [0.2, 0.25) is 0 Å². The Bertz CT molecular complexity index is 6960. The van der Waals surface area contributed by atoms with Gasteiger partial charge in [-0.05, 0) is 210 Å². The molecule has 1 aromatic heterocycles. The molecule has 3 nitrogen and oxygen atoms in total. The van der Waals surface area contributed by atoms with Gasteiger partial charge in [0.15, 0.2) is 0 Å². The lowest BCUT2D eigenvalue weighted by atomic mass is 9.33. The molecular weight excluding hydrogens is 1310 g/mol. The van der Waals surface area contributed by atoms with Crippen LogP contribution in [0.25, 0.3) is 105 Å².